The summed E-state index contributed by atoms with van der Waals surface area (Å²) in [5.41, 5.74) is -0.0284. The highest BCUT2D eigenvalue weighted by molar-refractivity contribution is 6.30. The molecule has 1 aliphatic heterocycles. The van der Waals surface area contributed by atoms with Crippen molar-refractivity contribution < 1.29 is 14.9 Å². The van der Waals surface area contributed by atoms with Crippen LogP contribution in [0, 0.1) is 0 Å². The van der Waals surface area contributed by atoms with E-state index in [9.17, 15) is 10.2 Å². The highest BCUT2D eigenvalue weighted by Gasteiger charge is 2.39. The minimum absolute atomic E-state index is 0.173. The van der Waals surface area contributed by atoms with Gasteiger partial charge < -0.3 is 20.3 Å². The summed E-state index contributed by atoms with van der Waals surface area (Å²) in [5, 5.41) is 24.1. The van der Waals surface area contributed by atoms with E-state index in [1.54, 1.807) is 24.3 Å². The van der Waals surface area contributed by atoms with Crippen LogP contribution < -0.4 is 5.32 Å². The van der Waals surface area contributed by atoms with Crippen LogP contribution in [0.1, 0.15) is 25.0 Å². The lowest BCUT2D eigenvalue weighted by Gasteiger charge is -2.27. The first kappa shape index (κ1) is 14.8. The average molecular weight is 286 g/mol. The molecule has 0 aliphatic carbocycles. The summed E-state index contributed by atoms with van der Waals surface area (Å²) in [6.45, 7) is 3.25. The van der Waals surface area contributed by atoms with E-state index in [1.165, 1.54) is 0 Å². The van der Waals surface area contributed by atoms with Gasteiger partial charge in [0.15, 0.2) is 0 Å². The second-order valence-electron chi connectivity index (χ2n) is 5.06. The summed E-state index contributed by atoms with van der Waals surface area (Å²) in [6.07, 6.45) is -0.163. The van der Waals surface area contributed by atoms with Crippen LogP contribution in [0.4, 0.5) is 0 Å². The van der Waals surface area contributed by atoms with E-state index in [1.807, 2.05) is 6.92 Å². The van der Waals surface area contributed by atoms with E-state index in [-0.39, 0.29) is 6.10 Å². The fourth-order valence-electron chi connectivity index (χ4n) is 2.23. The minimum Gasteiger partial charge on any atom is -0.387 e. The van der Waals surface area contributed by atoms with E-state index in [0.717, 1.165) is 5.56 Å². The predicted molar refractivity (Wildman–Crippen MR) is 74.3 cm³/mol. The van der Waals surface area contributed by atoms with Crippen molar-refractivity contribution in [2.75, 3.05) is 19.7 Å². The Kier molecular flexibility index (Phi) is 4.81. The van der Waals surface area contributed by atoms with E-state index >= 15 is 0 Å². The Balaban J connectivity index is 1.81. The molecule has 1 fully saturated rings. The molecule has 0 aromatic heterocycles. The zero-order valence-electron chi connectivity index (χ0n) is 11.0. The molecule has 0 saturated carbocycles. The minimum atomic E-state index is -0.834. The van der Waals surface area contributed by atoms with E-state index in [4.69, 9.17) is 16.3 Å². The Morgan fingerprint density at radius 2 is 2.16 bits per heavy atom. The van der Waals surface area contributed by atoms with E-state index in [2.05, 4.69) is 5.32 Å². The van der Waals surface area contributed by atoms with Crippen molar-refractivity contribution in [3.8, 4) is 0 Å². The van der Waals surface area contributed by atoms with Crippen molar-refractivity contribution in [2.24, 2.45) is 0 Å². The summed E-state index contributed by atoms with van der Waals surface area (Å²) in [5.74, 6) is 0. The first-order chi connectivity index (χ1) is 9.01. The van der Waals surface area contributed by atoms with Crippen LogP contribution in [0.15, 0.2) is 24.3 Å². The normalized spacial score (nSPS) is 28.5. The molecular weight excluding hydrogens is 266 g/mol. The molecule has 0 radical (unpaired) electrons. The van der Waals surface area contributed by atoms with Crippen LogP contribution in [0.25, 0.3) is 0 Å². The lowest BCUT2D eigenvalue weighted by atomic mass is 9.96. The van der Waals surface area contributed by atoms with Crippen molar-refractivity contribution in [1.29, 1.82) is 0 Å². The summed E-state index contributed by atoms with van der Waals surface area (Å²) in [7, 11) is 0. The average Bonchev–Trinajstić information content (AvgIpc) is 2.70. The lowest BCUT2D eigenvalue weighted by Crippen LogP contribution is -2.46. The van der Waals surface area contributed by atoms with Crippen LogP contribution in [-0.4, -0.2) is 41.6 Å². The predicted octanol–water partition coefficient (Wildman–Crippen LogP) is 1.50. The van der Waals surface area contributed by atoms with Crippen LogP contribution >= 0.6 is 11.6 Å². The van der Waals surface area contributed by atoms with Crippen molar-refractivity contribution in [3.05, 3.63) is 34.9 Å². The fourth-order valence-corrected chi connectivity index (χ4v) is 2.36. The Hall–Kier alpha value is -0.650. The third-order valence-corrected chi connectivity index (χ3v) is 3.94. The number of nitrogens with one attached hydrogen (secondary N) is 1. The number of hydrogen-bond acceptors (Lipinski definition) is 4. The summed E-state index contributed by atoms with van der Waals surface area (Å²) in [6, 6.07) is 7.09. The number of rotatable bonds is 5. The molecule has 1 aromatic rings. The van der Waals surface area contributed by atoms with Crippen LogP contribution in [-0.2, 0) is 4.74 Å². The highest BCUT2D eigenvalue weighted by atomic mass is 35.5. The molecule has 106 valence electrons. The van der Waals surface area contributed by atoms with Crippen LogP contribution in [0.2, 0.25) is 5.02 Å². The maximum atomic E-state index is 10.3. The van der Waals surface area contributed by atoms with Crippen molar-refractivity contribution in [3.63, 3.8) is 0 Å². The first-order valence-electron chi connectivity index (χ1n) is 6.49. The monoisotopic (exact) mass is 285 g/mol. The number of aliphatic hydroxyl groups excluding tert-OH is 1. The summed E-state index contributed by atoms with van der Waals surface area (Å²) >= 11 is 5.80. The number of hydrogen-bond donors (Lipinski definition) is 3. The molecule has 4 nitrogen and oxygen atoms in total. The Morgan fingerprint density at radius 3 is 2.74 bits per heavy atom. The van der Waals surface area contributed by atoms with Gasteiger partial charge in [0.1, 0.15) is 5.60 Å². The molecule has 3 unspecified atom stereocenters. The number of benzene rings is 1. The highest BCUT2D eigenvalue weighted by Crippen LogP contribution is 2.25. The Labute approximate surface area is 118 Å². The molecule has 3 atom stereocenters. The van der Waals surface area contributed by atoms with Gasteiger partial charge in [0, 0.05) is 31.1 Å². The molecule has 0 spiro atoms. The van der Waals surface area contributed by atoms with Gasteiger partial charge in [0.2, 0.25) is 0 Å². The Bertz CT molecular complexity index is 412. The van der Waals surface area contributed by atoms with Gasteiger partial charge in [0.25, 0.3) is 0 Å². The maximum Gasteiger partial charge on any atom is 0.105 e. The van der Waals surface area contributed by atoms with Crippen LogP contribution in [0.3, 0.4) is 0 Å². The Morgan fingerprint density at radius 1 is 1.47 bits per heavy atom. The molecule has 3 N–H and O–H groups in total. The topological polar surface area (TPSA) is 61.7 Å². The summed E-state index contributed by atoms with van der Waals surface area (Å²) < 4.78 is 5.36. The molecule has 2 rings (SSSR count). The van der Waals surface area contributed by atoms with Gasteiger partial charge in [-0.3, -0.25) is 0 Å². The van der Waals surface area contributed by atoms with Gasteiger partial charge in [-0.2, -0.15) is 0 Å². The first-order valence-corrected chi connectivity index (χ1v) is 6.87. The smallest absolute Gasteiger partial charge is 0.105 e. The van der Waals surface area contributed by atoms with Gasteiger partial charge in [0.05, 0.1) is 12.2 Å². The molecular formula is C14H20ClNO3. The standard InChI is InChI=1S/C14H20ClNO3/c1-10-14(18,6-7-19-10)9-16-8-13(17)11-2-4-12(15)5-3-11/h2-5,10,13,16-18H,6-9H2,1H3. The third-order valence-electron chi connectivity index (χ3n) is 3.68. The van der Waals surface area contributed by atoms with Crippen molar-refractivity contribution in [2.45, 2.75) is 31.2 Å². The fraction of sp³-hybridized carbons (Fsp3) is 0.571. The van der Waals surface area contributed by atoms with Crippen molar-refractivity contribution in [1.82, 2.24) is 5.32 Å². The molecule has 19 heavy (non-hydrogen) atoms. The van der Waals surface area contributed by atoms with Gasteiger partial charge in [-0.05, 0) is 24.6 Å². The molecule has 1 saturated heterocycles. The quantitative estimate of drug-likeness (QED) is 0.767. The van der Waals surface area contributed by atoms with E-state index in [0.29, 0.717) is 31.1 Å². The zero-order valence-corrected chi connectivity index (χ0v) is 11.7. The molecule has 5 heteroatoms. The lowest BCUT2D eigenvalue weighted by molar-refractivity contribution is -0.0274. The number of ether oxygens (including phenoxy) is 1. The van der Waals surface area contributed by atoms with Crippen LogP contribution in [0.5, 0.6) is 0 Å². The van der Waals surface area contributed by atoms with Gasteiger partial charge in [-0.25, -0.2) is 0 Å². The second-order valence-corrected chi connectivity index (χ2v) is 5.50. The molecule has 1 aromatic carbocycles. The number of halogens is 1. The molecule has 1 aliphatic rings. The molecule has 0 amide bonds. The third kappa shape index (κ3) is 3.68. The zero-order chi connectivity index (χ0) is 13.9. The summed E-state index contributed by atoms with van der Waals surface area (Å²) in [4.78, 5) is 0. The number of aliphatic hydroxyl groups is 2. The molecule has 1 heterocycles. The van der Waals surface area contributed by atoms with Gasteiger partial charge in [-0.15, -0.1) is 0 Å². The second kappa shape index (κ2) is 6.20. The van der Waals surface area contributed by atoms with Crippen molar-refractivity contribution >= 4 is 11.6 Å². The largest absolute Gasteiger partial charge is 0.387 e. The SMILES string of the molecule is CC1OCCC1(O)CNCC(O)c1ccc(Cl)cc1. The van der Waals surface area contributed by atoms with Gasteiger partial charge in [-0.1, -0.05) is 23.7 Å². The van der Waals surface area contributed by atoms with Gasteiger partial charge >= 0.3 is 0 Å². The molecule has 0 bridgehead atoms. The maximum absolute atomic E-state index is 10.3. The van der Waals surface area contributed by atoms with E-state index < -0.39 is 11.7 Å².